The second kappa shape index (κ2) is 4.33. The third-order valence-electron chi connectivity index (χ3n) is 3.26. The molecular formula is C12H16N4O. The quantitative estimate of drug-likeness (QED) is 0.845. The van der Waals surface area contributed by atoms with Crippen LogP contribution in [0.2, 0.25) is 0 Å². The second-order valence-electron chi connectivity index (χ2n) is 4.37. The Labute approximate surface area is 99.8 Å². The summed E-state index contributed by atoms with van der Waals surface area (Å²) in [5.41, 5.74) is 0.888. The maximum atomic E-state index is 5.18. The van der Waals surface area contributed by atoms with Crippen molar-refractivity contribution in [2.45, 2.75) is 18.8 Å². The highest BCUT2D eigenvalue weighted by atomic mass is 16.5. The summed E-state index contributed by atoms with van der Waals surface area (Å²) in [7, 11) is 1.66. The molecule has 2 aromatic rings. The molecule has 5 heteroatoms. The van der Waals surface area contributed by atoms with Gasteiger partial charge in [0.1, 0.15) is 5.75 Å². The lowest BCUT2D eigenvalue weighted by Crippen LogP contribution is -2.27. The van der Waals surface area contributed by atoms with Crippen LogP contribution in [0.15, 0.2) is 18.3 Å². The van der Waals surface area contributed by atoms with Crippen LogP contribution >= 0.6 is 0 Å². The van der Waals surface area contributed by atoms with Crippen molar-refractivity contribution < 1.29 is 4.74 Å². The second-order valence-corrected chi connectivity index (χ2v) is 4.37. The maximum absolute atomic E-state index is 5.18. The van der Waals surface area contributed by atoms with E-state index in [1.54, 1.807) is 11.6 Å². The lowest BCUT2D eigenvalue weighted by molar-refractivity contribution is 0.411. The van der Waals surface area contributed by atoms with E-state index in [1.807, 2.05) is 18.3 Å². The Hall–Kier alpha value is -1.62. The van der Waals surface area contributed by atoms with E-state index in [4.69, 9.17) is 4.74 Å². The third-order valence-corrected chi connectivity index (χ3v) is 3.26. The molecule has 1 N–H and O–H groups in total. The number of hydrogen-bond acceptors (Lipinski definition) is 4. The minimum Gasteiger partial charge on any atom is -0.495 e. The molecule has 1 aliphatic heterocycles. The predicted molar refractivity (Wildman–Crippen MR) is 64.4 cm³/mol. The summed E-state index contributed by atoms with van der Waals surface area (Å²) in [5, 5.41) is 7.90. The zero-order chi connectivity index (χ0) is 11.7. The molecule has 0 unspecified atom stereocenters. The van der Waals surface area contributed by atoms with Gasteiger partial charge in [-0.2, -0.15) is 5.10 Å². The van der Waals surface area contributed by atoms with Crippen molar-refractivity contribution in [3.8, 4) is 5.75 Å². The first-order valence-electron chi connectivity index (χ1n) is 5.98. The highest BCUT2D eigenvalue weighted by Gasteiger charge is 2.19. The van der Waals surface area contributed by atoms with Gasteiger partial charge in [0.15, 0.2) is 11.5 Å². The van der Waals surface area contributed by atoms with Gasteiger partial charge in [-0.3, -0.25) is 0 Å². The van der Waals surface area contributed by atoms with Crippen LogP contribution in [0.3, 0.4) is 0 Å². The minimum atomic E-state index is 0.488. The van der Waals surface area contributed by atoms with Crippen LogP contribution in [-0.4, -0.2) is 34.8 Å². The SMILES string of the molecule is COc1ccc2nc(C3CCNCC3)nn2c1. The summed E-state index contributed by atoms with van der Waals surface area (Å²) >= 11 is 0. The molecule has 0 amide bonds. The van der Waals surface area contributed by atoms with E-state index in [2.05, 4.69) is 15.4 Å². The van der Waals surface area contributed by atoms with E-state index >= 15 is 0 Å². The van der Waals surface area contributed by atoms with Crippen LogP contribution in [0, 0.1) is 0 Å². The average Bonchev–Trinajstić information content (AvgIpc) is 2.82. The fourth-order valence-corrected chi connectivity index (χ4v) is 2.26. The van der Waals surface area contributed by atoms with Crippen LogP contribution in [0.25, 0.3) is 5.65 Å². The van der Waals surface area contributed by atoms with Crippen molar-refractivity contribution in [2.75, 3.05) is 20.2 Å². The van der Waals surface area contributed by atoms with Crippen molar-refractivity contribution in [2.24, 2.45) is 0 Å². The van der Waals surface area contributed by atoms with Crippen LogP contribution in [0.1, 0.15) is 24.6 Å². The number of rotatable bonds is 2. The Morgan fingerprint density at radius 3 is 2.94 bits per heavy atom. The normalized spacial score (nSPS) is 17.5. The number of aromatic nitrogens is 3. The molecule has 1 saturated heterocycles. The summed E-state index contributed by atoms with van der Waals surface area (Å²) in [6.45, 7) is 2.12. The van der Waals surface area contributed by atoms with Crippen LogP contribution in [-0.2, 0) is 0 Å². The summed E-state index contributed by atoms with van der Waals surface area (Å²) in [5.74, 6) is 2.25. The number of pyridine rings is 1. The van der Waals surface area contributed by atoms with Gasteiger partial charge in [0, 0.05) is 5.92 Å². The third kappa shape index (κ3) is 1.98. The molecule has 5 nitrogen and oxygen atoms in total. The number of piperidine rings is 1. The highest BCUT2D eigenvalue weighted by Crippen LogP contribution is 2.23. The number of nitrogens with one attached hydrogen (secondary N) is 1. The molecule has 0 atom stereocenters. The van der Waals surface area contributed by atoms with Gasteiger partial charge >= 0.3 is 0 Å². The van der Waals surface area contributed by atoms with E-state index in [0.29, 0.717) is 5.92 Å². The topological polar surface area (TPSA) is 51.5 Å². The van der Waals surface area contributed by atoms with Crippen molar-refractivity contribution in [1.82, 2.24) is 19.9 Å². The fourth-order valence-electron chi connectivity index (χ4n) is 2.26. The Morgan fingerprint density at radius 1 is 1.35 bits per heavy atom. The van der Waals surface area contributed by atoms with E-state index in [0.717, 1.165) is 43.2 Å². The van der Waals surface area contributed by atoms with Crippen molar-refractivity contribution in [3.63, 3.8) is 0 Å². The van der Waals surface area contributed by atoms with Crippen molar-refractivity contribution in [3.05, 3.63) is 24.2 Å². The number of nitrogens with zero attached hydrogens (tertiary/aromatic N) is 3. The minimum absolute atomic E-state index is 0.488. The predicted octanol–water partition coefficient (Wildman–Crippen LogP) is 1.20. The van der Waals surface area contributed by atoms with Gasteiger partial charge in [-0.05, 0) is 38.1 Å². The molecule has 3 rings (SSSR count). The highest BCUT2D eigenvalue weighted by molar-refractivity contribution is 5.40. The zero-order valence-corrected chi connectivity index (χ0v) is 9.89. The smallest absolute Gasteiger partial charge is 0.155 e. The van der Waals surface area contributed by atoms with Crippen LogP contribution < -0.4 is 10.1 Å². The van der Waals surface area contributed by atoms with Crippen LogP contribution in [0.4, 0.5) is 0 Å². The van der Waals surface area contributed by atoms with E-state index in [9.17, 15) is 0 Å². The summed E-state index contributed by atoms with van der Waals surface area (Å²) in [6, 6.07) is 3.85. The van der Waals surface area contributed by atoms with Gasteiger partial charge in [-0.1, -0.05) is 0 Å². The standard InChI is InChI=1S/C12H16N4O/c1-17-10-2-3-11-14-12(15-16(11)8-10)9-4-6-13-7-5-9/h2-3,8-9,13H,4-7H2,1H3. The van der Waals surface area contributed by atoms with Gasteiger partial charge in [0.2, 0.25) is 0 Å². The molecule has 0 aromatic carbocycles. The molecule has 0 radical (unpaired) electrons. The molecule has 17 heavy (non-hydrogen) atoms. The molecule has 0 bridgehead atoms. The number of ether oxygens (including phenoxy) is 1. The zero-order valence-electron chi connectivity index (χ0n) is 9.89. The molecule has 1 aliphatic rings. The molecule has 0 saturated carbocycles. The summed E-state index contributed by atoms with van der Waals surface area (Å²) in [6.07, 6.45) is 4.11. The largest absolute Gasteiger partial charge is 0.495 e. The Bertz CT molecular complexity index is 516. The van der Waals surface area contributed by atoms with E-state index in [-0.39, 0.29) is 0 Å². The first kappa shape index (κ1) is 10.5. The van der Waals surface area contributed by atoms with Crippen molar-refractivity contribution in [1.29, 1.82) is 0 Å². The molecule has 3 heterocycles. The van der Waals surface area contributed by atoms with E-state index < -0.39 is 0 Å². The van der Waals surface area contributed by atoms with Gasteiger partial charge in [-0.25, -0.2) is 9.50 Å². The van der Waals surface area contributed by atoms with E-state index in [1.165, 1.54) is 0 Å². The molecule has 1 fully saturated rings. The Balaban J connectivity index is 1.95. The number of methoxy groups -OCH3 is 1. The molecule has 0 spiro atoms. The van der Waals surface area contributed by atoms with Crippen LogP contribution in [0.5, 0.6) is 5.75 Å². The lowest BCUT2D eigenvalue weighted by atomic mass is 9.98. The molecule has 0 aliphatic carbocycles. The molecular weight excluding hydrogens is 216 g/mol. The maximum Gasteiger partial charge on any atom is 0.155 e. The number of hydrogen-bond donors (Lipinski definition) is 1. The summed E-state index contributed by atoms with van der Waals surface area (Å²) in [4.78, 5) is 4.58. The summed E-state index contributed by atoms with van der Waals surface area (Å²) < 4.78 is 6.98. The molecule has 90 valence electrons. The first-order chi connectivity index (χ1) is 8.36. The van der Waals surface area contributed by atoms with Gasteiger partial charge in [0.25, 0.3) is 0 Å². The van der Waals surface area contributed by atoms with Gasteiger partial charge < -0.3 is 10.1 Å². The first-order valence-corrected chi connectivity index (χ1v) is 5.98. The number of fused-ring (bicyclic) bond motifs is 1. The lowest BCUT2D eigenvalue weighted by Gasteiger charge is -2.19. The van der Waals surface area contributed by atoms with Crippen molar-refractivity contribution >= 4 is 5.65 Å². The van der Waals surface area contributed by atoms with Gasteiger partial charge in [0.05, 0.1) is 13.3 Å². The Kier molecular flexibility index (Phi) is 2.68. The fraction of sp³-hybridized carbons (Fsp3) is 0.500. The monoisotopic (exact) mass is 232 g/mol. The van der Waals surface area contributed by atoms with Gasteiger partial charge in [-0.15, -0.1) is 0 Å². The average molecular weight is 232 g/mol. The Morgan fingerprint density at radius 2 is 2.18 bits per heavy atom. The molecule has 2 aromatic heterocycles.